The van der Waals surface area contributed by atoms with Gasteiger partial charge in [-0.3, -0.25) is 4.79 Å². The summed E-state index contributed by atoms with van der Waals surface area (Å²) in [4.78, 5) is 11.7. The number of aryl methyl sites for hydroxylation is 3. The predicted octanol–water partition coefficient (Wildman–Crippen LogP) is 3.74. The third-order valence-corrected chi connectivity index (χ3v) is 4.67. The second-order valence-corrected chi connectivity index (χ2v) is 6.06. The van der Waals surface area contributed by atoms with E-state index >= 15 is 0 Å². The van der Waals surface area contributed by atoms with E-state index in [0.29, 0.717) is 12.0 Å². The van der Waals surface area contributed by atoms with Crippen molar-refractivity contribution in [2.75, 3.05) is 0 Å². The molecular weight excluding hydrogens is 276 g/mol. The molecule has 0 fully saturated rings. The summed E-state index contributed by atoms with van der Waals surface area (Å²) in [6, 6.07) is 6.11. The summed E-state index contributed by atoms with van der Waals surface area (Å²) in [6.45, 7) is 4.93. The van der Waals surface area contributed by atoms with Crippen LogP contribution < -0.4 is 0 Å². The van der Waals surface area contributed by atoms with Crippen LogP contribution in [-0.2, 0) is 17.8 Å². The third-order valence-electron chi connectivity index (χ3n) is 4.67. The molecule has 0 saturated heterocycles. The Bertz CT molecular complexity index is 796. The van der Waals surface area contributed by atoms with Crippen LogP contribution in [0.25, 0.3) is 10.9 Å². The normalized spacial score (nSPS) is 17.2. The van der Waals surface area contributed by atoms with E-state index in [-0.39, 0.29) is 0 Å². The first-order valence-electron chi connectivity index (χ1n) is 7.87. The molecule has 1 atom stereocenters. The van der Waals surface area contributed by atoms with Crippen molar-refractivity contribution in [2.45, 2.75) is 52.0 Å². The van der Waals surface area contributed by atoms with Crippen molar-refractivity contribution in [2.24, 2.45) is 0 Å². The van der Waals surface area contributed by atoms with Gasteiger partial charge in [-0.15, -0.1) is 0 Å². The number of nitrogens with zero attached hydrogens (tertiary/aromatic N) is 2. The molecule has 0 saturated carbocycles. The minimum absolute atomic E-state index is 0.450. The van der Waals surface area contributed by atoms with Gasteiger partial charge in [0, 0.05) is 17.6 Å². The number of carbonyl (C=O) groups is 1. The molecule has 4 heteroatoms. The van der Waals surface area contributed by atoms with Crippen LogP contribution in [0.4, 0.5) is 0 Å². The predicted molar refractivity (Wildman–Crippen MR) is 85.0 cm³/mol. The Morgan fingerprint density at radius 3 is 2.91 bits per heavy atom. The number of rotatable bonds is 3. The second-order valence-electron chi connectivity index (χ2n) is 6.06. The van der Waals surface area contributed by atoms with E-state index in [4.69, 9.17) is 0 Å². The largest absolute Gasteiger partial charge is 0.481 e. The molecule has 0 aliphatic heterocycles. The Morgan fingerprint density at radius 1 is 1.50 bits per heavy atom. The Balaban J connectivity index is 2.45. The lowest BCUT2D eigenvalue weighted by Crippen LogP contribution is -2.21. The number of aromatic nitrogens is 1. The summed E-state index contributed by atoms with van der Waals surface area (Å²) >= 11 is 0. The zero-order valence-electron chi connectivity index (χ0n) is 13.0. The molecule has 4 nitrogen and oxygen atoms in total. The van der Waals surface area contributed by atoms with Gasteiger partial charge in [-0.1, -0.05) is 13.0 Å². The van der Waals surface area contributed by atoms with Crippen LogP contribution in [0.3, 0.4) is 0 Å². The number of carboxylic acids is 1. The van der Waals surface area contributed by atoms with Gasteiger partial charge in [-0.05, 0) is 49.8 Å². The Hall–Kier alpha value is -2.28. The van der Waals surface area contributed by atoms with Gasteiger partial charge in [0.15, 0.2) is 0 Å². The number of hydrogen-bond donors (Lipinski definition) is 1. The quantitative estimate of drug-likeness (QED) is 0.938. The molecule has 1 aliphatic rings. The number of carboxylic acid groups (broad SMARTS) is 1. The lowest BCUT2D eigenvalue weighted by molar-refractivity contribution is -0.139. The maximum absolute atomic E-state index is 11.7. The summed E-state index contributed by atoms with van der Waals surface area (Å²) in [6.07, 6.45) is 3.36. The fraction of sp³-hybridized carbons (Fsp3) is 0.444. The summed E-state index contributed by atoms with van der Waals surface area (Å²) < 4.78 is 2.17. The minimum Gasteiger partial charge on any atom is -0.481 e. The molecule has 1 aromatic carbocycles. The monoisotopic (exact) mass is 296 g/mol. The zero-order chi connectivity index (χ0) is 15.9. The molecule has 1 N–H and O–H groups in total. The van der Waals surface area contributed by atoms with Gasteiger partial charge in [-0.2, -0.15) is 5.26 Å². The van der Waals surface area contributed by atoms with E-state index in [2.05, 4.69) is 17.6 Å². The fourth-order valence-electron chi connectivity index (χ4n) is 3.82. The van der Waals surface area contributed by atoms with Gasteiger partial charge >= 0.3 is 5.97 Å². The van der Waals surface area contributed by atoms with E-state index in [1.807, 2.05) is 19.1 Å². The third kappa shape index (κ3) is 2.00. The zero-order valence-corrected chi connectivity index (χ0v) is 13.0. The molecule has 1 unspecified atom stereocenters. The van der Waals surface area contributed by atoms with Gasteiger partial charge < -0.3 is 9.67 Å². The van der Waals surface area contributed by atoms with Crippen molar-refractivity contribution in [1.29, 1.82) is 5.26 Å². The molecule has 3 rings (SSSR count). The summed E-state index contributed by atoms with van der Waals surface area (Å²) in [5.41, 5.74) is 4.85. The minimum atomic E-state index is -0.753. The first kappa shape index (κ1) is 14.6. The van der Waals surface area contributed by atoms with Crippen molar-refractivity contribution in [3.05, 3.63) is 34.5 Å². The molecule has 1 heterocycles. The van der Waals surface area contributed by atoms with Crippen molar-refractivity contribution in [3.8, 4) is 6.07 Å². The highest BCUT2D eigenvalue weighted by molar-refractivity contribution is 5.95. The summed E-state index contributed by atoms with van der Waals surface area (Å²) in [5, 5.41) is 20.1. The highest BCUT2D eigenvalue weighted by atomic mass is 16.4. The van der Waals surface area contributed by atoms with Crippen LogP contribution >= 0.6 is 0 Å². The highest BCUT2D eigenvalue weighted by Crippen LogP contribution is 2.41. The van der Waals surface area contributed by atoms with E-state index in [1.54, 1.807) is 0 Å². The fourth-order valence-corrected chi connectivity index (χ4v) is 3.82. The molecule has 114 valence electrons. The molecule has 2 aromatic rings. The first-order chi connectivity index (χ1) is 10.6. The van der Waals surface area contributed by atoms with Gasteiger partial charge in [0.1, 0.15) is 0 Å². The van der Waals surface area contributed by atoms with E-state index in [0.717, 1.165) is 53.5 Å². The van der Waals surface area contributed by atoms with E-state index < -0.39 is 11.9 Å². The van der Waals surface area contributed by atoms with Gasteiger partial charge in [0.25, 0.3) is 0 Å². The number of benzene rings is 1. The van der Waals surface area contributed by atoms with Crippen LogP contribution in [0.5, 0.6) is 0 Å². The van der Waals surface area contributed by atoms with Crippen LogP contribution in [0.2, 0.25) is 0 Å². The van der Waals surface area contributed by atoms with Crippen LogP contribution in [0.15, 0.2) is 12.1 Å². The molecule has 0 amide bonds. The topological polar surface area (TPSA) is 66.0 Å². The maximum Gasteiger partial charge on any atom is 0.312 e. The van der Waals surface area contributed by atoms with Gasteiger partial charge in [-0.25, -0.2) is 0 Å². The number of fused-ring (bicyclic) bond motifs is 3. The van der Waals surface area contributed by atoms with Crippen molar-refractivity contribution < 1.29 is 9.90 Å². The molecular formula is C18H20N2O2. The van der Waals surface area contributed by atoms with Crippen molar-refractivity contribution in [1.82, 2.24) is 4.57 Å². The molecule has 1 aromatic heterocycles. The average Bonchev–Trinajstić information content (AvgIpc) is 2.84. The van der Waals surface area contributed by atoms with Crippen LogP contribution in [0, 0.1) is 18.3 Å². The number of nitriles is 1. The van der Waals surface area contributed by atoms with Gasteiger partial charge in [0.05, 0.1) is 23.1 Å². The molecule has 1 aliphatic carbocycles. The second kappa shape index (κ2) is 5.49. The van der Waals surface area contributed by atoms with Gasteiger partial charge in [0.2, 0.25) is 0 Å². The Morgan fingerprint density at radius 2 is 2.27 bits per heavy atom. The Labute approximate surface area is 130 Å². The summed E-state index contributed by atoms with van der Waals surface area (Å²) in [7, 11) is 0. The molecule has 0 spiro atoms. The summed E-state index contributed by atoms with van der Waals surface area (Å²) in [5.74, 6) is -1.20. The smallest absolute Gasteiger partial charge is 0.312 e. The van der Waals surface area contributed by atoms with Crippen LogP contribution in [-0.4, -0.2) is 15.6 Å². The lowest BCUT2D eigenvalue weighted by Gasteiger charge is -2.22. The average molecular weight is 296 g/mol. The highest BCUT2D eigenvalue weighted by Gasteiger charge is 2.33. The van der Waals surface area contributed by atoms with E-state index in [9.17, 15) is 15.2 Å². The number of aliphatic carboxylic acids is 1. The van der Waals surface area contributed by atoms with Crippen molar-refractivity contribution >= 4 is 16.9 Å². The van der Waals surface area contributed by atoms with Crippen molar-refractivity contribution in [3.63, 3.8) is 0 Å². The standard InChI is InChI=1S/C18H20N2O2/c1-3-9-20-16-11(2)7-8-12(10-19)15(16)13-5-4-6-14(17(13)20)18(21)22/h7-8,14H,3-6,9H2,1-2H3,(H,21,22). The lowest BCUT2D eigenvalue weighted by atomic mass is 9.86. The molecule has 0 radical (unpaired) electrons. The van der Waals surface area contributed by atoms with Crippen LogP contribution in [0.1, 0.15) is 54.5 Å². The van der Waals surface area contributed by atoms with E-state index in [1.165, 1.54) is 0 Å². The maximum atomic E-state index is 11.7. The SMILES string of the molecule is CCCn1c2c(c3c(C#N)ccc(C)c31)CCCC2C(=O)O. The Kier molecular flexibility index (Phi) is 3.66. The first-order valence-corrected chi connectivity index (χ1v) is 7.87. The molecule has 0 bridgehead atoms. The number of hydrogen-bond acceptors (Lipinski definition) is 2. The molecule has 22 heavy (non-hydrogen) atoms.